The Hall–Kier alpha value is -3.60. The fourth-order valence-corrected chi connectivity index (χ4v) is 4.19. The number of hydrogen-bond acceptors (Lipinski definition) is 3. The first-order valence-corrected chi connectivity index (χ1v) is 13.0. The van der Waals surface area contributed by atoms with Crippen molar-refractivity contribution < 1.29 is 14.3 Å². The smallest absolute Gasteiger partial charge is 0.261 e. The van der Waals surface area contributed by atoms with Crippen LogP contribution in [0.4, 0.5) is 0 Å². The van der Waals surface area contributed by atoms with E-state index in [-0.39, 0.29) is 23.8 Å². The highest BCUT2D eigenvalue weighted by molar-refractivity contribution is 5.88. The lowest BCUT2D eigenvalue weighted by Gasteiger charge is -2.32. The van der Waals surface area contributed by atoms with E-state index in [1.165, 1.54) is 0 Å². The van der Waals surface area contributed by atoms with Gasteiger partial charge in [-0.05, 0) is 34.1 Å². The summed E-state index contributed by atoms with van der Waals surface area (Å²) in [5, 5.41) is 3.05. The third-order valence-electron chi connectivity index (χ3n) is 6.20. The highest BCUT2D eigenvalue weighted by atomic mass is 16.5. The second-order valence-corrected chi connectivity index (χ2v) is 10.9. The molecular formula is C32H40N2O3. The highest BCUT2D eigenvalue weighted by Gasteiger charge is 2.31. The van der Waals surface area contributed by atoms with Crippen LogP contribution in [0.1, 0.15) is 51.3 Å². The van der Waals surface area contributed by atoms with Gasteiger partial charge in [0.25, 0.3) is 5.91 Å². The zero-order valence-electron chi connectivity index (χ0n) is 22.7. The zero-order chi connectivity index (χ0) is 26.8. The van der Waals surface area contributed by atoms with Gasteiger partial charge in [-0.1, -0.05) is 113 Å². The zero-order valence-corrected chi connectivity index (χ0v) is 22.7. The van der Waals surface area contributed by atoms with E-state index in [0.29, 0.717) is 31.2 Å². The number of benzene rings is 3. The van der Waals surface area contributed by atoms with Crippen molar-refractivity contribution in [3.8, 4) is 5.75 Å². The third-order valence-corrected chi connectivity index (χ3v) is 6.20. The normalized spacial score (nSPS) is 12.2. The maximum Gasteiger partial charge on any atom is 0.261 e. The Balaban J connectivity index is 1.91. The number of amides is 2. The van der Waals surface area contributed by atoms with E-state index in [9.17, 15) is 9.59 Å². The van der Waals surface area contributed by atoms with Gasteiger partial charge in [-0.25, -0.2) is 0 Å². The minimum Gasteiger partial charge on any atom is -0.483 e. The maximum absolute atomic E-state index is 13.8. The summed E-state index contributed by atoms with van der Waals surface area (Å²) >= 11 is 0. The number of para-hydroxylation sites is 1. The standard InChI is InChI=1S/C32H40N2O3/c1-24(2)21-33-31(36)28(20-25-14-8-6-9-15-25)34(22-26-16-10-7-11-17-26)30(35)23-37-29-19-13-12-18-27(29)32(3,4)5/h6-19,24,28H,20-23H2,1-5H3,(H,33,36). The molecule has 1 N–H and O–H groups in total. The Morgan fingerprint density at radius 2 is 1.41 bits per heavy atom. The number of nitrogens with zero attached hydrogens (tertiary/aromatic N) is 1. The van der Waals surface area contributed by atoms with Gasteiger partial charge in [0.2, 0.25) is 5.91 Å². The summed E-state index contributed by atoms with van der Waals surface area (Å²) in [5.41, 5.74) is 2.86. The Labute approximate surface area is 221 Å². The van der Waals surface area contributed by atoms with Crippen LogP contribution in [0.5, 0.6) is 5.75 Å². The lowest BCUT2D eigenvalue weighted by Crippen LogP contribution is -2.52. The van der Waals surface area contributed by atoms with Crippen molar-refractivity contribution >= 4 is 11.8 Å². The number of rotatable bonds is 11. The molecule has 0 saturated heterocycles. The third kappa shape index (κ3) is 8.49. The fraction of sp³-hybridized carbons (Fsp3) is 0.375. The van der Waals surface area contributed by atoms with Gasteiger partial charge >= 0.3 is 0 Å². The van der Waals surface area contributed by atoms with E-state index in [1.807, 2.05) is 84.9 Å². The number of ether oxygens (including phenoxy) is 1. The molecule has 3 aromatic rings. The number of carbonyl (C=O) groups is 2. The Bertz CT molecular complexity index is 1140. The Kier molecular flexibility index (Phi) is 9.90. The van der Waals surface area contributed by atoms with Gasteiger partial charge in [-0.15, -0.1) is 0 Å². The van der Waals surface area contributed by atoms with Crippen LogP contribution in [0.25, 0.3) is 0 Å². The Morgan fingerprint density at radius 3 is 2.00 bits per heavy atom. The largest absolute Gasteiger partial charge is 0.483 e. The molecule has 0 spiro atoms. The Morgan fingerprint density at radius 1 is 0.838 bits per heavy atom. The molecule has 0 aliphatic heterocycles. The first kappa shape index (κ1) is 28.0. The predicted molar refractivity (Wildman–Crippen MR) is 149 cm³/mol. The van der Waals surface area contributed by atoms with Crippen molar-refractivity contribution in [2.75, 3.05) is 13.2 Å². The van der Waals surface area contributed by atoms with E-state index in [4.69, 9.17) is 4.74 Å². The van der Waals surface area contributed by atoms with Gasteiger partial charge in [0.1, 0.15) is 11.8 Å². The van der Waals surface area contributed by atoms with Crippen LogP contribution in [-0.2, 0) is 28.0 Å². The minimum absolute atomic E-state index is 0.129. The van der Waals surface area contributed by atoms with Gasteiger partial charge in [0.15, 0.2) is 6.61 Å². The van der Waals surface area contributed by atoms with Crippen molar-refractivity contribution in [3.63, 3.8) is 0 Å². The molecule has 0 saturated carbocycles. The molecule has 3 rings (SSSR count). The van der Waals surface area contributed by atoms with Crippen LogP contribution >= 0.6 is 0 Å². The number of carbonyl (C=O) groups excluding carboxylic acids is 2. The molecule has 5 heteroatoms. The summed E-state index contributed by atoms with van der Waals surface area (Å²) in [6.45, 7) is 11.2. The van der Waals surface area contributed by atoms with Gasteiger partial charge in [-0.2, -0.15) is 0 Å². The molecule has 5 nitrogen and oxygen atoms in total. The first-order chi connectivity index (χ1) is 17.6. The maximum atomic E-state index is 13.8. The monoisotopic (exact) mass is 500 g/mol. The average molecular weight is 501 g/mol. The van der Waals surface area contributed by atoms with Crippen LogP contribution in [0.2, 0.25) is 0 Å². The molecule has 2 amide bonds. The van der Waals surface area contributed by atoms with Crippen LogP contribution in [0.3, 0.4) is 0 Å². The summed E-state index contributed by atoms with van der Waals surface area (Å²) in [6, 6.07) is 26.8. The van der Waals surface area contributed by atoms with E-state index < -0.39 is 6.04 Å². The highest BCUT2D eigenvalue weighted by Crippen LogP contribution is 2.31. The molecule has 1 atom stereocenters. The molecule has 1 unspecified atom stereocenters. The molecule has 196 valence electrons. The van der Waals surface area contributed by atoms with Crippen LogP contribution in [0, 0.1) is 5.92 Å². The van der Waals surface area contributed by atoms with Crippen molar-refractivity contribution in [1.82, 2.24) is 10.2 Å². The lowest BCUT2D eigenvalue weighted by atomic mass is 9.86. The number of hydrogen-bond donors (Lipinski definition) is 1. The summed E-state index contributed by atoms with van der Waals surface area (Å²) < 4.78 is 6.10. The first-order valence-electron chi connectivity index (χ1n) is 13.0. The summed E-state index contributed by atoms with van der Waals surface area (Å²) in [7, 11) is 0. The van der Waals surface area contributed by atoms with Crippen LogP contribution < -0.4 is 10.1 Å². The molecule has 0 aliphatic rings. The van der Waals surface area contributed by atoms with Gasteiger partial charge in [-0.3, -0.25) is 9.59 Å². The van der Waals surface area contributed by atoms with Gasteiger partial charge in [0.05, 0.1) is 0 Å². The quantitative estimate of drug-likeness (QED) is 0.363. The van der Waals surface area contributed by atoms with E-state index in [0.717, 1.165) is 16.7 Å². The molecule has 0 radical (unpaired) electrons. The predicted octanol–water partition coefficient (Wildman–Crippen LogP) is 5.78. The van der Waals surface area contributed by atoms with Crippen molar-refractivity contribution in [1.29, 1.82) is 0 Å². The minimum atomic E-state index is -0.671. The van der Waals surface area contributed by atoms with Gasteiger partial charge in [0, 0.05) is 19.5 Å². The summed E-state index contributed by atoms with van der Waals surface area (Å²) in [4.78, 5) is 28.9. The van der Waals surface area contributed by atoms with E-state index in [1.54, 1.807) is 4.90 Å². The molecule has 37 heavy (non-hydrogen) atoms. The SMILES string of the molecule is CC(C)CNC(=O)C(Cc1ccccc1)N(Cc1ccccc1)C(=O)COc1ccccc1C(C)(C)C. The molecule has 0 bridgehead atoms. The van der Waals surface area contributed by atoms with Gasteiger partial charge < -0.3 is 15.0 Å². The summed E-state index contributed by atoms with van der Waals surface area (Å²) in [5.74, 6) is 0.605. The summed E-state index contributed by atoms with van der Waals surface area (Å²) in [6.07, 6.45) is 0.419. The molecule has 0 aliphatic carbocycles. The van der Waals surface area contributed by atoms with Crippen molar-refractivity contribution in [3.05, 3.63) is 102 Å². The van der Waals surface area contributed by atoms with Crippen molar-refractivity contribution in [2.45, 2.75) is 59.0 Å². The lowest BCUT2D eigenvalue weighted by molar-refractivity contribution is -0.142. The molecule has 3 aromatic carbocycles. The number of nitrogens with one attached hydrogen (secondary N) is 1. The van der Waals surface area contributed by atoms with E-state index >= 15 is 0 Å². The molecule has 0 aromatic heterocycles. The molecular weight excluding hydrogens is 460 g/mol. The van der Waals surface area contributed by atoms with E-state index in [2.05, 4.69) is 39.9 Å². The van der Waals surface area contributed by atoms with Crippen LogP contribution in [-0.4, -0.2) is 35.9 Å². The second-order valence-electron chi connectivity index (χ2n) is 10.9. The molecule has 0 fully saturated rings. The second kappa shape index (κ2) is 13.1. The fourth-order valence-electron chi connectivity index (χ4n) is 4.19. The van der Waals surface area contributed by atoms with Crippen LogP contribution in [0.15, 0.2) is 84.9 Å². The van der Waals surface area contributed by atoms with Crippen molar-refractivity contribution in [2.24, 2.45) is 5.92 Å². The topological polar surface area (TPSA) is 58.6 Å². The average Bonchev–Trinajstić information content (AvgIpc) is 2.88. The molecule has 0 heterocycles.